The molecule has 0 aliphatic heterocycles. The minimum absolute atomic E-state index is 0.0289. The highest BCUT2D eigenvalue weighted by atomic mass is 16.3. The van der Waals surface area contributed by atoms with Gasteiger partial charge < -0.3 is 15.8 Å². The average Bonchev–Trinajstić information content (AvgIpc) is 2.74. The van der Waals surface area contributed by atoms with Crippen molar-refractivity contribution in [3.8, 4) is 5.88 Å². The third-order valence-corrected chi connectivity index (χ3v) is 2.25. The van der Waals surface area contributed by atoms with Crippen LogP contribution in [0.5, 0.6) is 5.88 Å². The van der Waals surface area contributed by atoms with Crippen LogP contribution in [0.15, 0.2) is 12.3 Å². The molecule has 1 unspecified atom stereocenters. The number of H-pyrrole nitrogens is 1. The Morgan fingerprint density at radius 2 is 2.36 bits per heavy atom. The Balaban J connectivity index is 2.20. The fourth-order valence-electron chi connectivity index (χ4n) is 1.35. The Morgan fingerprint density at radius 1 is 1.64 bits per heavy atom. The fourth-order valence-corrected chi connectivity index (χ4v) is 1.35. The number of nitrogens with two attached hydrogens (primary N) is 1. The van der Waals surface area contributed by atoms with Crippen LogP contribution < -0.4 is 5.73 Å². The van der Waals surface area contributed by atoms with E-state index in [1.165, 1.54) is 12.8 Å². The van der Waals surface area contributed by atoms with Gasteiger partial charge >= 0.3 is 0 Å². The van der Waals surface area contributed by atoms with E-state index in [9.17, 15) is 5.11 Å². The van der Waals surface area contributed by atoms with Crippen LogP contribution in [0.4, 0.5) is 0 Å². The molecule has 2 rings (SSSR count). The molecule has 1 aliphatic rings. The minimum Gasteiger partial charge on any atom is -0.494 e. The molecule has 0 saturated heterocycles. The van der Waals surface area contributed by atoms with E-state index in [4.69, 9.17) is 5.73 Å². The van der Waals surface area contributed by atoms with Crippen molar-refractivity contribution < 1.29 is 5.11 Å². The zero-order chi connectivity index (χ0) is 7.84. The number of aromatic hydroxyl groups is 1. The maximum atomic E-state index is 9.26. The number of aromatic amines is 1. The number of hydrogen-bond donors (Lipinski definition) is 3. The van der Waals surface area contributed by atoms with Crippen molar-refractivity contribution in [1.82, 2.24) is 4.98 Å². The van der Waals surface area contributed by atoms with E-state index >= 15 is 0 Å². The first kappa shape index (κ1) is 6.73. The molecule has 11 heavy (non-hydrogen) atoms. The van der Waals surface area contributed by atoms with Gasteiger partial charge in [0, 0.05) is 17.8 Å². The predicted octanol–water partition coefficient (Wildman–Crippen LogP) is 1.13. The van der Waals surface area contributed by atoms with E-state index in [1.54, 1.807) is 6.20 Å². The molecule has 3 heteroatoms. The summed E-state index contributed by atoms with van der Waals surface area (Å²) in [4.78, 5) is 2.71. The molecule has 3 nitrogen and oxygen atoms in total. The van der Waals surface area contributed by atoms with Gasteiger partial charge in [-0.15, -0.1) is 0 Å². The van der Waals surface area contributed by atoms with Crippen LogP contribution >= 0.6 is 0 Å². The third-order valence-electron chi connectivity index (χ3n) is 2.25. The lowest BCUT2D eigenvalue weighted by Crippen LogP contribution is -2.11. The number of aromatic nitrogens is 1. The monoisotopic (exact) mass is 152 g/mol. The fraction of sp³-hybridized carbons (Fsp3) is 0.500. The van der Waals surface area contributed by atoms with Gasteiger partial charge in [-0.2, -0.15) is 0 Å². The highest BCUT2D eigenvalue weighted by Crippen LogP contribution is 2.41. The van der Waals surface area contributed by atoms with Gasteiger partial charge in [-0.1, -0.05) is 0 Å². The summed E-state index contributed by atoms with van der Waals surface area (Å²) in [5.74, 6) is 0.820. The van der Waals surface area contributed by atoms with Crippen molar-refractivity contribution >= 4 is 0 Å². The first-order chi connectivity index (χ1) is 5.29. The van der Waals surface area contributed by atoms with Gasteiger partial charge in [0.2, 0.25) is 0 Å². The molecule has 1 aromatic rings. The van der Waals surface area contributed by atoms with Crippen molar-refractivity contribution in [2.45, 2.75) is 18.9 Å². The largest absolute Gasteiger partial charge is 0.494 e. The Labute approximate surface area is 65.2 Å². The van der Waals surface area contributed by atoms with Crippen LogP contribution in [0, 0.1) is 5.92 Å². The summed E-state index contributed by atoms with van der Waals surface area (Å²) in [6, 6.07) is 1.87. The van der Waals surface area contributed by atoms with Gasteiger partial charge in [0.15, 0.2) is 5.88 Å². The normalized spacial score (nSPS) is 20.1. The zero-order valence-electron chi connectivity index (χ0n) is 6.25. The molecule has 1 heterocycles. The first-order valence-electron chi connectivity index (χ1n) is 3.91. The van der Waals surface area contributed by atoms with Crippen LogP contribution in [0.2, 0.25) is 0 Å². The zero-order valence-corrected chi connectivity index (χ0v) is 6.25. The van der Waals surface area contributed by atoms with Gasteiger partial charge in [-0.3, -0.25) is 0 Å². The lowest BCUT2D eigenvalue weighted by atomic mass is 10.1. The minimum atomic E-state index is 0.0289. The van der Waals surface area contributed by atoms with Crippen LogP contribution in [0.1, 0.15) is 24.4 Å². The lowest BCUT2D eigenvalue weighted by molar-refractivity contribution is 0.440. The molecule has 0 spiro atoms. The Hall–Kier alpha value is -0.960. The molecule has 1 aromatic heterocycles. The van der Waals surface area contributed by atoms with Crippen molar-refractivity contribution in [1.29, 1.82) is 0 Å². The first-order valence-corrected chi connectivity index (χ1v) is 3.91. The van der Waals surface area contributed by atoms with Crippen LogP contribution in [0.3, 0.4) is 0 Å². The van der Waals surface area contributed by atoms with E-state index in [1.807, 2.05) is 6.07 Å². The highest BCUT2D eigenvalue weighted by Gasteiger charge is 2.31. The summed E-state index contributed by atoms with van der Waals surface area (Å²) in [7, 11) is 0. The van der Waals surface area contributed by atoms with Gasteiger partial charge in [-0.05, 0) is 24.8 Å². The second kappa shape index (κ2) is 2.27. The van der Waals surface area contributed by atoms with Crippen molar-refractivity contribution in [3.05, 3.63) is 17.8 Å². The van der Waals surface area contributed by atoms with E-state index in [2.05, 4.69) is 4.98 Å². The molecule has 1 aliphatic carbocycles. The molecule has 0 amide bonds. The molecule has 0 radical (unpaired) electrons. The van der Waals surface area contributed by atoms with E-state index in [-0.39, 0.29) is 11.9 Å². The number of nitrogens with one attached hydrogen (secondary N) is 1. The van der Waals surface area contributed by atoms with E-state index < -0.39 is 0 Å². The van der Waals surface area contributed by atoms with Crippen molar-refractivity contribution in [2.75, 3.05) is 0 Å². The standard InChI is InChI=1S/C8H12N2O/c9-7(5-1-2-5)6-3-4-10-8(6)11/h3-5,7,10-11H,1-2,9H2. The molecule has 1 fully saturated rings. The second-order valence-electron chi connectivity index (χ2n) is 3.14. The highest BCUT2D eigenvalue weighted by molar-refractivity contribution is 5.29. The Morgan fingerprint density at radius 3 is 2.82 bits per heavy atom. The van der Waals surface area contributed by atoms with Crippen LogP contribution in [-0.4, -0.2) is 10.1 Å². The van der Waals surface area contributed by atoms with Gasteiger partial charge in [0.1, 0.15) is 0 Å². The van der Waals surface area contributed by atoms with E-state index in [0.717, 1.165) is 5.56 Å². The predicted molar refractivity (Wildman–Crippen MR) is 42.1 cm³/mol. The van der Waals surface area contributed by atoms with Crippen LogP contribution in [-0.2, 0) is 0 Å². The van der Waals surface area contributed by atoms with E-state index in [0.29, 0.717) is 5.92 Å². The molecule has 0 bridgehead atoms. The summed E-state index contributed by atoms with van der Waals surface area (Å²) in [6.07, 6.45) is 4.12. The third kappa shape index (κ3) is 1.12. The second-order valence-corrected chi connectivity index (χ2v) is 3.14. The molecule has 60 valence electrons. The summed E-state index contributed by atoms with van der Waals surface area (Å²) in [6.45, 7) is 0. The molecule has 0 aromatic carbocycles. The molecule has 1 saturated carbocycles. The SMILES string of the molecule is NC(c1cc[nH]c1O)C1CC1. The quantitative estimate of drug-likeness (QED) is 0.594. The van der Waals surface area contributed by atoms with Crippen LogP contribution in [0.25, 0.3) is 0 Å². The summed E-state index contributed by atoms with van der Waals surface area (Å²) < 4.78 is 0. The van der Waals surface area contributed by atoms with Gasteiger partial charge in [-0.25, -0.2) is 0 Å². The average molecular weight is 152 g/mol. The van der Waals surface area contributed by atoms with Gasteiger partial charge in [0.05, 0.1) is 0 Å². The maximum Gasteiger partial charge on any atom is 0.193 e. The molecule has 1 atom stereocenters. The number of rotatable bonds is 2. The Kier molecular flexibility index (Phi) is 1.39. The van der Waals surface area contributed by atoms with Gasteiger partial charge in [0.25, 0.3) is 0 Å². The summed E-state index contributed by atoms with van der Waals surface area (Å²) in [5.41, 5.74) is 6.72. The van der Waals surface area contributed by atoms with Crippen molar-refractivity contribution in [3.63, 3.8) is 0 Å². The Bertz CT molecular complexity index is 252. The smallest absolute Gasteiger partial charge is 0.193 e. The molecular weight excluding hydrogens is 140 g/mol. The lowest BCUT2D eigenvalue weighted by Gasteiger charge is -2.07. The molecular formula is C8H12N2O. The maximum absolute atomic E-state index is 9.26. The summed E-state index contributed by atoms with van der Waals surface area (Å²) in [5, 5.41) is 9.26. The summed E-state index contributed by atoms with van der Waals surface area (Å²) >= 11 is 0. The van der Waals surface area contributed by atoms with Crippen molar-refractivity contribution in [2.24, 2.45) is 11.7 Å². The molecule has 4 N–H and O–H groups in total. The topological polar surface area (TPSA) is 62.0 Å². The number of hydrogen-bond acceptors (Lipinski definition) is 2.